The third-order valence-corrected chi connectivity index (χ3v) is 2.68. The fourth-order valence-corrected chi connectivity index (χ4v) is 1.60. The van der Waals surface area contributed by atoms with E-state index in [1.165, 1.54) is 5.39 Å². The van der Waals surface area contributed by atoms with Crippen molar-refractivity contribution in [2.75, 3.05) is 5.32 Å². The summed E-state index contributed by atoms with van der Waals surface area (Å²) in [6.07, 6.45) is 3.66. The summed E-state index contributed by atoms with van der Waals surface area (Å²) in [6, 6.07) is 8.32. The smallest absolute Gasteiger partial charge is 0.0518 e. The molecule has 0 aliphatic rings. The molecule has 0 amide bonds. The van der Waals surface area contributed by atoms with Crippen molar-refractivity contribution < 1.29 is 0 Å². The van der Waals surface area contributed by atoms with Gasteiger partial charge in [-0.3, -0.25) is 4.98 Å². The van der Waals surface area contributed by atoms with Crippen LogP contribution in [0.4, 0.5) is 5.69 Å². The molecular weight excluding hydrogens is 204 g/mol. The largest absolute Gasteiger partial charge is 0.378 e. The molecule has 1 atom stereocenters. The Morgan fingerprint density at radius 3 is 3.07 bits per heavy atom. The van der Waals surface area contributed by atoms with Crippen LogP contribution in [0, 0.1) is 0 Å². The molecule has 15 heavy (non-hydrogen) atoms. The Labute approximate surface area is 94.3 Å². The minimum atomic E-state index is 0.193. The zero-order valence-electron chi connectivity index (χ0n) is 8.47. The van der Waals surface area contributed by atoms with Gasteiger partial charge in [0, 0.05) is 34.2 Å². The predicted octanol–water partition coefficient (Wildman–Crippen LogP) is 3.03. The number of aromatic nitrogens is 1. The molecule has 0 radical (unpaired) electrons. The van der Waals surface area contributed by atoms with Crippen LogP contribution in [0.15, 0.2) is 36.7 Å². The Balaban J connectivity index is 2.46. The molecule has 3 heteroatoms. The predicted molar refractivity (Wildman–Crippen MR) is 68.5 cm³/mol. The minimum absolute atomic E-state index is 0.193. The maximum Gasteiger partial charge on any atom is 0.0518 e. The number of hydrogen-bond acceptors (Lipinski definition) is 3. The monoisotopic (exact) mass is 216 g/mol. The van der Waals surface area contributed by atoms with E-state index in [9.17, 15) is 0 Å². The first-order chi connectivity index (χ1) is 7.31. The van der Waals surface area contributed by atoms with Crippen molar-refractivity contribution in [3.63, 3.8) is 0 Å². The molecular formula is C12H12N2S. The lowest BCUT2D eigenvalue weighted by Crippen LogP contribution is -2.15. The summed E-state index contributed by atoms with van der Waals surface area (Å²) in [7, 11) is 0. The van der Waals surface area contributed by atoms with Crippen molar-refractivity contribution in [1.82, 2.24) is 4.98 Å². The molecule has 1 heterocycles. The van der Waals surface area contributed by atoms with E-state index in [0.717, 1.165) is 11.1 Å². The summed E-state index contributed by atoms with van der Waals surface area (Å²) in [5.41, 5.74) is 1.10. The standard InChI is InChI=1S/C12H12N2S/c1-9(8-15)14-12-4-2-3-10-7-13-6-5-11(10)12/h2-9,14H,1H3. The Morgan fingerprint density at radius 2 is 2.27 bits per heavy atom. The SMILES string of the molecule is CC(C=S)Nc1cccc2cnccc12. The van der Waals surface area contributed by atoms with E-state index in [0.29, 0.717) is 0 Å². The molecule has 1 unspecified atom stereocenters. The Hall–Kier alpha value is -1.48. The normalized spacial score (nSPS) is 12.3. The lowest BCUT2D eigenvalue weighted by Gasteiger charge is -2.12. The number of hydrogen-bond donors (Lipinski definition) is 1. The van der Waals surface area contributed by atoms with E-state index >= 15 is 0 Å². The Kier molecular flexibility index (Phi) is 2.92. The van der Waals surface area contributed by atoms with E-state index in [2.05, 4.69) is 22.4 Å². The highest BCUT2D eigenvalue weighted by atomic mass is 32.1. The lowest BCUT2D eigenvalue weighted by molar-refractivity contribution is 1.09. The highest BCUT2D eigenvalue weighted by Gasteiger charge is 2.02. The van der Waals surface area contributed by atoms with Gasteiger partial charge in [0.1, 0.15) is 0 Å². The fourth-order valence-electron chi connectivity index (χ4n) is 1.53. The first-order valence-electron chi connectivity index (χ1n) is 4.86. The van der Waals surface area contributed by atoms with Gasteiger partial charge in [-0.05, 0) is 19.1 Å². The molecule has 0 spiro atoms. The fraction of sp³-hybridized carbons (Fsp3) is 0.167. The maximum absolute atomic E-state index is 4.90. The first-order valence-corrected chi connectivity index (χ1v) is 5.33. The summed E-state index contributed by atoms with van der Waals surface area (Å²) in [6.45, 7) is 2.03. The maximum atomic E-state index is 4.90. The highest BCUT2D eigenvalue weighted by Crippen LogP contribution is 2.22. The van der Waals surface area contributed by atoms with Gasteiger partial charge in [0.25, 0.3) is 0 Å². The molecule has 76 valence electrons. The van der Waals surface area contributed by atoms with Gasteiger partial charge in [-0.15, -0.1) is 0 Å². The highest BCUT2D eigenvalue weighted by molar-refractivity contribution is 7.79. The van der Waals surface area contributed by atoms with Crippen molar-refractivity contribution in [2.24, 2.45) is 0 Å². The van der Waals surface area contributed by atoms with Crippen molar-refractivity contribution in [2.45, 2.75) is 13.0 Å². The Bertz CT molecular complexity index is 477. The van der Waals surface area contributed by atoms with Crippen LogP contribution in [-0.2, 0) is 0 Å². The van der Waals surface area contributed by atoms with Crippen LogP contribution in [0.5, 0.6) is 0 Å². The summed E-state index contributed by atoms with van der Waals surface area (Å²) >= 11 is 4.90. The van der Waals surface area contributed by atoms with Crippen LogP contribution >= 0.6 is 12.2 Å². The molecule has 0 aliphatic carbocycles. The molecule has 0 bridgehead atoms. The molecule has 0 fully saturated rings. The van der Waals surface area contributed by atoms with Crippen LogP contribution in [0.25, 0.3) is 10.8 Å². The van der Waals surface area contributed by atoms with E-state index in [-0.39, 0.29) is 6.04 Å². The van der Waals surface area contributed by atoms with Crippen LogP contribution in [0.1, 0.15) is 6.92 Å². The Morgan fingerprint density at radius 1 is 1.40 bits per heavy atom. The third kappa shape index (κ3) is 2.13. The molecule has 0 saturated heterocycles. The van der Waals surface area contributed by atoms with Gasteiger partial charge in [0.15, 0.2) is 0 Å². The van der Waals surface area contributed by atoms with Crippen molar-refractivity contribution in [3.8, 4) is 0 Å². The van der Waals surface area contributed by atoms with Crippen LogP contribution in [0.2, 0.25) is 0 Å². The number of rotatable bonds is 3. The first kappa shape index (κ1) is 10.1. The molecule has 1 N–H and O–H groups in total. The van der Waals surface area contributed by atoms with Crippen LogP contribution in [-0.4, -0.2) is 16.4 Å². The number of fused-ring (bicyclic) bond motifs is 1. The van der Waals surface area contributed by atoms with E-state index in [1.807, 2.05) is 25.3 Å². The number of pyridine rings is 1. The molecule has 2 aromatic rings. The van der Waals surface area contributed by atoms with Gasteiger partial charge in [-0.2, -0.15) is 0 Å². The van der Waals surface area contributed by atoms with Gasteiger partial charge < -0.3 is 5.32 Å². The van der Waals surface area contributed by atoms with Gasteiger partial charge >= 0.3 is 0 Å². The summed E-state index contributed by atoms with van der Waals surface area (Å²) in [5.74, 6) is 0. The van der Waals surface area contributed by atoms with Crippen LogP contribution < -0.4 is 5.32 Å². The van der Waals surface area contributed by atoms with Gasteiger partial charge in [0.2, 0.25) is 0 Å². The second-order valence-corrected chi connectivity index (χ2v) is 3.74. The average Bonchev–Trinajstić information content (AvgIpc) is 2.29. The van der Waals surface area contributed by atoms with E-state index < -0.39 is 0 Å². The number of anilines is 1. The summed E-state index contributed by atoms with van der Waals surface area (Å²) in [5, 5.41) is 7.38. The van der Waals surface area contributed by atoms with Gasteiger partial charge in [-0.25, -0.2) is 0 Å². The molecule has 0 aliphatic heterocycles. The zero-order chi connectivity index (χ0) is 10.7. The molecule has 0 saturated carbocycles. The second-order valence-electron chi connectivity index (χ2n) is 3.47. The molecule has 2 rings (SSSR count). The van der Waals surface area contributed by atoms with Crippen LogP contribution in [0.3, 0.4) is 0 Å². The number of nitrogens with zero attached hydrogens (tertiary/aromatic N) is 1. The lowest BCUT2D eigenvalue weighted by atomic mass is 10.1. The van der Waals surface area contributed by atoms with Crippen molar-refractivity contribution in [3.05, 3.63) is 36.7 Å². The van der Waals surface area contributed by atoms with Gasteiger partial charge in [0.05, 0.1) is 6.04 Å². The van der Waals surface area contributed by atoms with Crippen molar-refractivity contribution >= 4 is 34.0 Å². The summed E-state index contributed by atoms with van der Waals surface area (Å²) < 4.78 is 0. The number of thiocarbonyl (C=S) groups is 1. The number of benzene rings is 1. The third-order valence-electron chi connectivity index (χ3n) is 2.27. The quantitative estimate of drug-likeness (QED) is 0.798. The molecule has 1 aromatic heterocycles. The van der Waals surface area contributed by atoms with E-state index in [1.54, 1.807) is 11.6 Å². The molecule has 1 aromatic carbocycles. The topological polar surface area (TPSA) is 24.9 Å². The minimum Gasteiger partial charge on any atom is -0.378 e. The van der Waals surface area contributed by atoms with Gasteiger partial charge in [-0.1, -0.05) is 24.4 Å². The second kappa shape index (κ2) is 4.36. The number of nitrogens with one attached hydrogen (secondary N) is 1. The van der Waals surface area contributed by atoms with Crippen molar-refractivity contribution in [1.29, 1.82) is 0 Å². The average molecular weight is 216 g/mol. The van der Waals surface area contributed by atoms with E-state index in [4.69, 9.17) is 12.2 Å². The molecule has 2 nitrogen and oxygen atoms in total. The summed E-state index contributed by atoms with van der Waals surface area (Å²) in [4.78, 5) is 4.10. The zero-order valence-corrected chi connectivity index (χ0v) is 9.29.